The summed E-state index contributed by atoms with van der Waals surface area (Å²) in [5.41, 5.74) is 10.8. The minimum atomic E-state index is -0.974. The molecule has 0 aliphatic carbocycles. The van der Waals surface area contributed by atoms with Crippen LogP contribution in [0, 0.1) is 0 Å². The Labute approximate surface area is 146 Å². The number of carbonyl (C=O) groups excluding carboxylic acids is 4. The fourth-order valence-corrected chi connectivity index (χ4v) is 3.39. The van der Waals surface area contributed by atoms with Gasteiger partial charge in [-0.3, -0.25) is 14.4 Å². The van der Waals surface area contributed by atoms with Gasteiger partial charge in [0.05, 0.1) is 12.6 Å². The van der Waals surface area contributed by atoms with Gasteiger partial charge in [0.2, 0.25) is 17.7 Å². The molecule has 0 spiro atoms. The molecule has 0 aromatic carbocycles. The maximum atomic E-state index is 13.0. The van der Waals surface area contributed by atoms with Gasteiger partial charge in [0.1, 0.15) is 12.1 Å². The molecule has 140 valence electrons. The first kappa shape index (κ1) is 19.0. The number of rotatable bonds is 4. The molecule has 2 aliphatic rings. The van der Waals surface area contributed by atoms with Crippen LogP contribution in [0.5, 0.6) is 0 Å². The molecule has 2 heterocycles. The third-order valence-corrected chi connectivity index (χ3v) is 4.97. The van der Waals surface area contributed by atoms with E-state index in [1.807, 2.05) is 0 Å². The summed E-state index contributed by atoms with van der Waals surface area (Å²) in [6.45, 7) is 1.97. The number of likely N-dealkylation sites (N-methyl/N-ethyl adjacent to an activating group) is 1. The predicted octanol–water partition coefficient (Wildman–Crippen LogP) is -2.29. The second-order valence-corrected chi connectivity index (χ2v) is 6.54. The molecular formula is C15H26N6O4. The van der Waals surface area contributed by atoms with Crippen molar-refractivity contribution < 1.29 is 19.2 Å². The van der Waals surface area contributed by atoms with E-state index in [-0.39, 0.29) is 18.5 Å². The zero-order valence-corrected chi connectivity index (χ0v) is 14.5. The summed E-state index contributed by atoms with van der Waals surface area (Å²) in [6.07, 6.45) is 1.63. The van der Waals surface area contributed by atoms with E-state index in [2.05, 4.69) is 10.6 Å². The number of hydrogen-bond acceptors (Lipinski definition) is 5. The SMILES string of the molecule is CN[C@@H](C)C(=O)NC1CN(C(N)=O)CCC2CCC(C(N)=O)N2C1=O. The van der Waals surface area contributed by atoms with Crippen molar-refractivity contribution in [2.45, 2.75) is 50.4 Å². The van der Waals surface area contributed by atoms with E-state index in [0.29, 0.717) is 25.8 Å². The van der Waals surface area contributed by atoms with E-state index in [1.165, 1.54) is 9.80 Å². The fraction of sp³-hybridized carbons (Fsp3) is 0.733. The lowest BCUT2D eigenvalue weighted by Gasteiger charge is -2.38. The van der Waals surface area contributed by atoms with Gasteiger partial charge >= 0.3 is 6.03 Å². The number of fused-ring (bicyclic) bond motifs is 1. The number of primary amides is 2. The number of nitrogens with zero attached hydrogens (tertiary/aromatic N) is 2. The Morgan fingerprint density at radius 1 is 1.20 bits per heavy atom. The summed E-state index contributed by atoms with van der Waals surface area (Å²) < 4.78 is 0. The second-order valence-electron chi connectivity index (χ2n) is 6.54. The highest BCUT2D eigenvalue weighted by molar-refractivity contribution is 5.93. The van der Waals surface area contributed by atoms with Crippen LogP contribution < -0.4 is 22.1 Å². The fourth-order valence-electron chi connectivity index (χ4n) is 3.39. The molecule has 0 bridgehead atoms. The molecule has 0 aromatic rings. The monoisotopic (exact) mass is 354 g/mol. The largest absolute Gasteiger partial charge is 0.368 e. The van der Waals surface area contributed by atoms with Crippen LogP contribution in [-0.4, -0.2) is 77.9 Å². The highest BCUT2D eigenvalue weighted by Crippen LogP contribution is 2.29. The van der Waals surface area contributed by atoms with Crippen LogP contribution >= 0.6 is 0 Å². The van der Waals surface area contributed by atoms with Crippen LogP contribution in [0.15, 0.2) is 0 Å². The van der Waals surface area contributed by atoms with Gasteiger partial charge in [-0.25, -0.2) is 4.79 Å². The Morgan fingerprint density at radius 2 is 1.88 bits per heavy atom. The molecule has 2 rings (SSSR count). The number of hydrogen-bond donors (Lipinski definition) is 4. The van der Waals surface area contributed by atoms with Gasteiger partial charge in [0, 0.05) is 12.6 Å². The quantitative estimate of drug-likeness (QED) is 0.448. The Balaban J connectivity index is 2.27. The Morgan fingerprint density at radius 3 is 2.44 bits per heavy atom. The number of nitrogens with two attached hydrogens (primary N) is 2. The standard InChI is InChI=1S/C15H26N6O4/c1-8(18-2)13(23)19-10-7-20(15(17)25)6-5-9-3-4-11(12(16)22)21(9)14(10)24/h8-11,18H,3-7H2,1-2H3,(H2,16,22)(H2,17,25)(H,19,23)/t8-,9?,10?,11?/m0/s1. The smallest absolute Gasteiger partial charge is 0.314 e. The number of urea groups is 1. The highest BCUT2D eigenvalue weighted by atomic mass is 16.2. The van der Waals surface area contributed by atoms with Crippen molar-refractivity contribution in [2.24, 2.45) is 11.5 Å². The predicted molar refractivity (Wildman–Crippen MR) is 89.1 cm³/mol. The molecule has 4 atom stereocenters. The summed E-state index contributed by atoms with van der Waals surface area (Å²) in [5, 5.41) is 5.44. The first-order valence-electron chi connectivity index (χ1n) is 8.39. The van der Waals surface area contributed by atoms with Crippen LogP contribution in [0.4, 0.5) is 4.79 Å². The highest BCUT2D eigenvalue weighted by Gasteiger charge is 2.44. The van der Waals surface area contributed by atoms with Crippen molar-refractivity contribution in [1.82, 2.24) is 20.4 Å². The summed E-state index contributed by atoms with van der Waals surface area (Å²) in [4.78, 5) is 51.4. The topological polar surface area (TPSA) is 151 Å². The number of amides is 5. The molecule has 10 nitrogen and oxygen atoms in total. The van der Waals surface area contributed by atoms with E-state index in [0.717, 1.165) is 0 Å². The van der Waals surface area contributed by atoms with Crippen LogP contribution in [0.1, 0.15) is 26.2 Å². The summed E-state index contributed by atoms with van der Waals surface area (Å²) >= 11 is 0. The maximum absolute atomic E-state index is 13.0. The lowest BCUT2D eigenvalue weighted by Crippen LogP contribution is -2.62. The summed E-state index contributed by atoms with van der Waals surface area (Å²) in [6, 6.07) is -3.02. The molecule has 2 fully saturated rings. The third-order valence-electron chi connectivity index (χ3n) is 4.97. The molecule has 5 amide bonds. The molecule has 0 aromatic heterocycles. The van der Waals surface area contributed by atoms with Crippen LogP contribution in [-0.2, 0) is 14.4 Å². The van der Waals surface area contributed by atoms with Crippen LogP contribution in [0.2, 0.25) is 0 Å². The Bertz CT molecular complexity index is 568. The van der Waals surface area contributed by atoms with Crippen molar-refractivity contribution in [3.05, 3.63) is 0 Å². The van der Waals surface area contributed by atoms with Gasteiger partial charge in [-0.15, -0.1) is 0 Å². The minimum absolute atomic E-state index is 0.0367. The van der Waals surface area contributed by atoms with Crippen molar-refractivity contribution in [1.29, 1.82) is 0 Å². The molecule has 3 unspecified atom stereocenters. The normalized spacial score (nSPS) is 27.9. The van der Waals surface area contributed by atoms with Crippen molar-refractivity contribution in [3.63, 3.8) is 0 Å². The van der Waals surface area contributed by atoms with Gasteiger partial charge < -0.3 is 31.9 Å². The summed E-state index contributed by atoms with van der Waals surface area (Å²) in [7, 11) is 1.62. The Hall–Kier alpha value is -2.36. The average molecular weight is 354 g/mol. The van der Waals surface area contributed by atoms with E-state index in [1.54, 1.807) is 14.0 Å². The van der Waals surface area contributed by atoms with Gasteiger partial charge in [-0.2, -0.15) is 0 Å². The lowest BCUT2D eigenvalue weighted by atomic mass is 10.1. The van der Waals surface area contributed by atoms with Crippen LogP contribution in [0.25, 0.3) is 0 Å². The Kier molecular flexibility index (Phi) is 5.83. The zero-order chi connectivity index (χ0) is 18.7. The van der Waals surface area contributed by atoms with Gasteiger partial charge in [0.15, 0.2) is 0 Å². The van der Waals surface area contributed by atoms with Crippen molar-refractivity contribution >= 4 is 23.8 Å². The zero-order valence-electron chi connectivity index (χ0n) is 14.5. The van der Waals surface area contributed by atoms with Crippen LogP contribution in [0.3, 0.4) is 0 Å². The molecule has 2 aliphatic heterocycles. The molecule has 0 saturated carbocycles. The van der Waals surface area contributed by atoms with Crippen molar-refractivity contribution in [3.8, 4) is 0 Å². The number of nitrogens with one attached hydrogen (secondary N) is 2. The van der Waals surface area contributed by atoms with Gasteiger partial charge in [-0.05, 0) is 33.2 Å². The van der Waals surface area contributed by atoms with Crippen molar-refractivity contribution in [2.75, 3.05) is 20.1 Å². The lowest BCUT2D eigenvalue weighted by molar-refractivity contribution is -0.144. The molecule has 25 heavy (non-hydrogen) atoms. The molecule has 10 heteroatoms. The van der Waals surface area contributed by atoms with Gasteiger partial charge in [-0.1, -0.05) is 0 Å². The average Bonchev–Trinajstić information content (AvgIpc) is 2.97. The molecule has 0 radical (unpaired) electrons. The van der Waals surface area contributed by atoms with Gasteiger partial charge in [0.25, 0.3) is 0 Å². The van der Waals surface area contributed by atoms with E-state index >= 15 is 0 Å². The molecule has 2 saturated heterocycles. The van der Waals surface area contributed by atoms with E-state index in [9.17, 15) is 19.2 Å². The first-order chi connectivity index (χ1) is 11.8. The molecular weight excluding hydrogens is 328 g/mol. The summed E-state index contributed by atoms with van der Waals surface area (Å²) in [5.74, 6) is -1.34. The molecule has 6 N–H and O–H groups in total. The maximum Gasteiger partial charge on any atom is 0.314 e. The van der Waals surface area contributed by atoms with E-state index < -0.39 is 36.0 Å². The van der Waals surface area contributed by atoms with E-state index in [4.69, 9.17) is 11.5 Å². The minimum Gasteiger partial charge on any atom is -0.368 e. The number of carbonyl (C=O) groups is 4. The first-order valence-corrected chi connectivity index (χ1v) is 8.39. The third kappa shape index (κ3) is 4.01. The second kappa shape index (κ2) is 7.68.